The predicted molar refractivity (Wildman–Crippen MR) is 88.8 cm³/mol. The first-order valence-electron chi connectivity index (χ1n) is 7.09. The second-order valence-electron chi connectivity index (χ2n) is 5.94. The molecule has 0 atom stereocenters. The molecule has 1 aliphatic rings. The van der Waals surface area contributed by atoms with Crippen molar-refractivity contribution in [3.63, 3.8) is 0 Å². The molecule has 0 N–H and O–H groups in total. The quantitative estimate of drug-likeness (QED) is 0.677. The van der Waals surface area contributed by atoms with Gasteiger partial charge in [0.05, 0.1) is 0 Å². The fourth-order valence-corrected chi connectivity index (χ4v) is 3.50. The summed E-state index contributed by atoms with van der Waals surface area (Å²) in [5.41, 5.74) is 4.61. The lowest BCUT2D eigenvalue weighted by Crippen LogP contribution is -2.22. The molecule has 1 fully saturated rings. The average Bonchev–Trinajstić information content (AvgIpc) is 2.80. The van der Waals surface area contributed by atoms with Crippen LogP contribution in [0.3, 0.4) is 0 Å². The van der Waals surface area contributed by atoms with Crippen molar-refractivity contribution < 1.29 is 0 Å². The van der Waals surface area contributed by atoms with E-state index >= 15 is 0 Å². The third-order valence-corrected chi connectivity index (χ3v) is 4.42. The molecule has 0 radical (unpaired) electrons. The fourth-order valence-electron chi connectivity index (χ4n) is 2.83. The Balaban J connectivity index is 2.56. The topological polar surface area (TPSA) is 3.24 Å². The second kappa shape index (κ2) is 5.81. The van der Waals surface area contributed by atoms with Crippen LogP contribution in [0.2, 0.25) is 0 Å². The van der Waals surface area contributed by atoms with Crippen LogP contribution >= 0.6 is 22.6 Å². The van der Waals surface area contributed by atoms with Crippen LogP contribution in [0, 0.1) is 3.57 Å². The van der Waals surface area contributed by atoms with E-state index in [4.69, 9.17) is 0 Å². The lowest BCUT2D eigenvalue weighted by atomic mass is 9.92. The molecule has 1 nitrogen and oxygen atoms in total. The SMILES string of the molecule is CC(C)c1cc(I)cc(C(C)C)c1N1CCCC1. The smallest absolute Gasteiger partial charge is 0.0437 e. The molecule has 2 rings (SSSR count). The van der Waals surface area contributed by atoms with Crippen LogP contribution in [0.1, 0.15) is 63.5 Å². The van der Waals surface area contributed by atoms with E-state index in [0.717, 1.165) is 0 Å². The highest BCUT2D eigenvalue weighted by molar-refractivity contribution is 14.1. The van der Waals surface area contributed by atoms with Crippen molar-refractivity contribution in [1.82, 2.24) is 0 Å². The van der Waals surface area contributed by atoms with Gasteiger partial charge in [-0.1, -0.05) is 27.7 Å². The van der Waals surface area contributed by atoms with Crippen molar-refractivity contribution in [2.45, 2.75) is 52.4 Å². The highest BCUT2D eigenvalue weighted by atomic mass is 127. The van der Waals surface area contributed by atoms with E-state index in [9.17, 15) is 0 Å². The van der Waals surface area contributed by atoms with Gasteiger partial charge in [-0.3, -0.25) is 0 Å². The van der Waals surface area contributed by atoms with Crippen LogP contribution in [0.4, 0.5) is 5.69 Å². The number of anilines is 1. The summed E-state index contributed by atoms with van der Waals surface area (Å²) in [6.07, 6.45) is 2.70. The summed E-state index contributed by atoms with van der Waals surface area (Å²) in [6, 6.07) is 4.76. The van der Waals surface area contributed by atoms with Crippen molar-refractivity contribution >= 4 is 28.3 Å². The van der Waals surface area contributed by atoms with Crippen LogP contribution in [-0.2, 0) is 0 Å². The van der Waals surface area contributed by atoms with Crippen molar-refractivity contribution in [3.05, 3.63) is 26.8 Å². The minimum atomic E-state index is 0.604. The van der Waals surface area contributed by atoms with Gasteiger partial charge in [0.15, 0.2) is 0 Å². The van der Waals surface area contributed by atoms with Crippen molar-refractivity contribution in [2.24, 2.45) is 0 Å². The van der Waals surface area contributed by atoms with Gasteiger partial charge >= 0.3 is 0 Å². The van der Waals surface area contributed by atoms with Gasteiger partial charge in [-0.15, -0.1) is 0 Å². The van der Waals surface area contributed by atoms with Crippen molar-refractivity contribution in [3.8, 4) is 0 Å². The van der Waals surface area contributed by atoms with Gasteiger partial charge in [0, 0.05) is 22.3 Å². The Bertz CT molecular complexity index is 388. The maximum atomic E-state index is 2.61. The predicted octanol–water partition coefficient (Wildman–Crippen LogP) is 5.14. The van der Waals surface area contributed by atoms with E-state index < -0.39 is 0 Å². The molecule has 18 heavy (non-hydrogen) atoms. The molecule has 1 saturated heterocycles. The highest BCUT2D eigenvalue weighted by Gasteiger charge is 2.22. The molecule has 2 heteroatoms. The molecule has 1 heterocycles. The summed E-state index contributed by atoms with van der Waals surface area (Å²) in [5, 5.41) is 0. The molecule has 0 amide bonds. The standard InChI is InChI=1S/C16H24IN/c1-11(2)14-9-13(17)10-15(12(3)4)16(14)18-7-5-6-8-18/h9-12H,5-8H2,1-4H3. The molecule has 0 aromatic heterocycles. The Morgan fingerprint density at radius 2 is 1.39 bits per heavy atom. The maximum absolute atomic E-state index is 2.61. The monoisotopic (exact) mass is 357 g/mol. The van der Waals surface area contributed by atoms with Crippen LogP contribution in [0.15, 0.2) is 12.1 Å². The molecule has 1 aliphatic heterocycles. The third-order valence-electron chi connectivity index (χ3n) is 3.80. The zero-order valence-electron chi connectivity index (χ0n) is 12.0. The van der Waals surface area contributed by atoms with Crippen LogP contribution in [0.5, 0.6) is 0 Å². The molecule has 0 spiro atoms. The Hall–Kier alpha value is -0.250. The van der Waals surface area contributed by atoms with E-state index in [1.54, 1.807) is 0 Å². The Labute approximate surface area is 125 Å². The summed E-state index contributed by atoms with van der Waals surface area (Å²) < 4.78 is 1.38. The third kappa shape index (κ3) is 2.84. The van der Waals surface area contributed by atoms with Crippen LogP contribution in [-0.4, -0.2) is 13.1 Å². The van der Waals surface area contributed by atoms with E-state index in [0.29, 0.717) is 11.8 Å². The number of hydrogen-bond acceptors (Lipinski definition) is 1. The Kier molecular flexibility index (Phi) is 4.57. The van der Waals surface area contributed by atoms with E-state index in [1.807, 2.05) is 0 Å². The van der Waals surface area contributed by atoms with Crippen LogP contribution in [0.25, 0.3) is 0 Å². The first kappa shape index (κ1) is 14.2. The molecule has 100 valence electrons. The number of nitrogens with zero attached hydrogens (tertiary/aromatic N) is 1. The molecule has 0 bridgehead atoms. The fraction of sp³-hybridized carbons (Fsp3) is 0.625. The minimum absolute atomic E-state index is 0.604. The number of hydrogen-bond donors (Lipinski definition) is 0. The van der Waals surface area contributed by atoms with E-state index in [-0.39, 0.29) is 0 Å². The van der Waals surface area contributed by atoms with Gasteiger partial charge in [-0.25, -0.2) is 0 Å². The summed E-state index contributed by atoms with van der Waals surface area (Å²) >= 11 is 2.46. The minimum Gasteiger partial charge on any atom is -0.371 e. The Morgan fingerprint density at radius 3 is 1.78 bits per heavy atom. The van der Waals surface area contributed by atoms with Gasteiger partial charge in [0.2, 0.25) is 0 Å². The van der Waals surface area contributed by atoms with Gasteiger partial charge in [0.25, 0.3) is 0 Å². The Morgan fingerprint density at radius 1 is 0.944 bits per heavy atom. The zero-order chi connectivity index (χ0) is 13.3. The van der Waals surface area contributed by atoms with Crippen LogP contribution < -0.4 is 4.90 Å². The summed E-state index contributed by atoms with van der Waals surface area (Å²) in [6.45, 7) is 11.7. The first-order chi connectivity index (χ1) is 8.50. The number of rotatable bonds is 3. The zero-order valence-corrected chi connectivity index (χ0v) is 14.1. The largest absolute Gasteiger partial charge is 0.371 e. The van der Waals surface area contributed by atoms with Gasteiger partial charge in [-0.2, -0.15) is 0 Å². The summed E-state index contributed by atoms with van der Waals surface area (Å²) in [7, 11) is 0. The van der Waals surface area contributed by atoms with Gasteiger partial charge < -0.3 is 4.90 Å². The van der Waals surface area contributed by atoms with Crippen molar-refractivity contribution in [1.29, 1.82) is 0 Å². The van der Waals surface area contributed by atoms with E-state index in [2.05, 4.69) is 67.3 Å². The first-order valence-corrected chi connectivity index (χ1v) is 8.17. The number of benzene rings is 1. The normalized spacial score (nSPS) is 16.1. The lowest BCUT2D eigenvalue weighted by Gasteiger charge is -2.28. The lowest BCUT2D eigenvalue weighted by molar-refractivity contribution is 0.806. The molecule has 1 aromatic rings. The molecule has 0 aliphatic carbocycles. The molecular weight excluding hydrogens is 333 g/mol. The molecule has 1 aromatic carbocycles. The number of halogens is 1. The second-order valence-corrected chi connectivity index (χ2v) is 7.18. The molecule has 0 saturated carbocycles. The van der Waals surface area contributed by atoms with Gasteiger partial charge in [-0.05, 0) is 70.5 Å². The highest BCUT2D eigenvalue weighted by Crippen LogP contribution is 2.38. The molecular formula is C16H24IN. The van der Waals surface area contributed by atoms with E-state index in [1.165, 1.54) is 46.3 Å². The molecule has 0 unspecified atom stereocenters. The summed E-state index contributed by atoms with van der Waals surface area (Å²) in [4.78, 5) is 2.61. The maximum Gasteiger partial charge on any atom is 0.0437 e. The average molecular weight is 357 g/mol. The van der Waals surface area contributed by atoms with Gasteiger partial charge in [0.1, 0.15) is 0 Å². The van der Waals surface area contributed by atoms with Crippen molar-refractivity contribution in [2.75, 3.05) is 18.0 Å². The summed E-state index contributed by atoms with van der Waals surface area (Å²) in [5.74, 6) is 1.21.